The summed E-state index contributed by atoms with van der Waals surface area (Å²) in [6.45, 7) is 0.235. The first-order valence-corrected chi connectivity index (χ1v) is 11.2. The predicted octanol–water partition coefficient (Wildman–Crippen LogP) is 4.66. The van der Waals surface area contributed by atoms with Gasteiger partial charge in [0, 0.05) is 7.05 Å². The normalized spacial score (nSPS) is 15.9. The molecule has 1 aliphatic rings. The van der Waals surface area contributed by atoms with Crippen LogP contribution in [-0.2, 0) is 11.4 Å². The molecular weight excluding hydrogens is 479 g/mol. The highest BCUT2D eigenvalue weighted by Crippen LogP contribution is 2.34. The second-order valence-corrected chi connectivity index (χ2v) is 8.73. The lowest BCUT2D eigenvalue weighted by molar-refractivity contribution is -0.255. The summed E-state index contributed by atoms with van der Waals surface area (Å²) in [6, 6.07) is 17.1. The number of rotatable bonds is 6. The van der Waals surface area contributed by atoms with Gasteiger partial charge in [-0.25, -0.2) is 9.38 Å². The maximum atomic E-state index is 13.0. The summed E-state index contributed by atoms with van der Waals surface area (Å²) in [6.07, 6.45) is 1.69. The number of aromatic carboxylic acids is 1. The highest BCUT2D eigenvalue weighted by Gasteiger charge is 2.30. The average molecular weight is 496 g/mol. The largest absolute Gasteiger partial charge is 0.545 e. The number of carbonyl (C=O) groups excluding carboxylic acids is 2. The van der Waals surface area contributed by atoms with Crippen molar-refractivity contribution < 1.29 is 23.8 Å². The molecule has 0 saturated carbocycles. The number of nitrogens with zero attached hydrogens (tertiary/aromatic N) is 2. The molecule has 3 aromatic rings. The average Bonchev–Trinajstić information content (AvgIpc) is 3.07. The quantitative estimate of drug-likeness (QED) is 0.465. The van der Waals surface area contributed by atoms with Crippen LogP contribution in [0.1, 0.15) is 21.5 Å². The molecule has 3 aromatic carbocycles. The first kappa shape index (κ1) is 23.5. The van der Waals surface area contributed by atoms with E-state index in [0.717, 1.165) is 5.56 Å². The Bertz CT molecular complexity index is 1320. The summed E-state index contributed by atoms with van der Waals surface area (Å²) < 4.78 is 18.7. The van der Waals surface area contributed by atoms with Crippen molar-refractivity contribution in [3.63, 3.8) is 0 Å². The minimum Gasteiger partial charge on any atom is -0.545 e. The summed E-state index contributed by atoms with van der Waals surface area (Å²) in [5.74, 6) is -1.39. The van der Waals surface area contributed by atoms with Crippen LogP contribution in [0, 0.1) is 5.82 Å². The second-order valence-electron chi connectivity index (χ2n) is 7.31. The summed E-state index contributed by atoms with van der Waals surface area (Å²) in [5.41, 5.74) is 1.90. The first-order chi connectivity index (χ1) is 16.3. The van der Waals surface area contributed by atoms with Crippen LogP contribution in [0.2, 0.25) is 5.02 Å². The van der Waals surface area contributed by atoms with Crippen LogP contribution < -0.4 is 9.84 Å². The van der Waals surface area contributed by atoms with Crippen LogP contribution in [0.15, 0.2) is 76.6 Å². The zero-order valence-corrected chi connectivity index (χ0v) is 19.4. The van der Waals surface area contributed by atoms with E-state index in [0.29, 0.717) is 32.1 Å². The Morgan fingerprint density at radius 1 is 1.18 bits per heavy atom. The molecule has 0 N–H and O–H groups in total. The molecule has 1 amide bonds. The van der Waals surface area contributed by atoms with Crippen molar-refractivity contribution in [3.05, 3.63) is 99.2 Å². The zero-order chi connectivity index (χ0) is 24.2. The van der Waals surface area contributed by atoms with Gasteiger partial charge in [-0.2, -0.15) is 0 Å². The minimum atomic E-state index is -1.30. The van der Waals surface area contributed by atoms with E-state index in [1.807, 2.05) is 0 Å². The highest BCUT2D eigenvalue weighted by molar-refractivity contribution is 8.18. The van der Waals surface area contributed by atoms with Crippen molar-refractivity contribution in [2.45, 2.75) is 6.61 Å². The first-order valence-electron chi connectivity index (χ1n) is 10.0. The smallest absolute Gasteiger partial charge is 0.266 e. The van der Waals surface area contributed by atoms with Crippen molar-refractivity contribution in [1.29, 1.82) is 0 Å². The minimum absolute atomic E-state index is 0.00553. The lowest BCUT2D eigenvalue weighted by atomic mass is 10.2. The summed E-state index contributed by atoms with van der Waals surface area (Å²) in [5, 5.41) is 11.8. The Morgan fingerprint density at radius 2 is 1.94 bits per heavy atom. The van der Waals surface area contributed by atoms with Gasteiger partial charge in [-0.05, 0) is 70.9 Å². The highest BCUT2D eigenvalue weighted by atomic mass is 35.5. The molecule has 0 spiro atoms. The summed E-state index contributed by atoms with van der Waals surface area (Å²) in [4.78, 5) is 30.0. The Labute approximate surface area is 204 Å². The Balaban J connectivity index is 1.49. The molecule has 0 atom stereocenters. The van der Waals surface area contributed by atoms with Crippen LogP contribution in [-0.4, -0.2) is 29.0 Å². The molecule has 0 bridgehead atoms. The number of halogens is 2. The number of likely N-dealkylation sites (N-methyl/N-ethyl adjacent to an activating group) is 1. The molecule has 34 heavy (non-hydrogen) atoms. The van der Waals surface area contributed by atoms with Crippen molar-refractivity contribution in [3.8, 4) is 5.75 Å². The topological polar surface area (TPSA) is 82.0 Å². The monoisotopic (exact) mass is 495 g/mol. The van der Waals surface area contributed by atoms with Crippen LogP contribution in [0.5, 0.6) is 5.75 Å². The van der Waals surface area contributed by atoms with Crippen molar-refractivity contribution in [1.82, 2.24) is 4.90 Å². The van der Waals surface area contributed by atoms with Crippen molar-refractivity contribution >= 4 is 52.2 Å². The molecular formula is C25H17ClFN2O4S-. The molecule has 1 fully saturated rings. The molecule has 1 heterocycles. The number of thioether (sulfide) groups is 1. The third-order valence-corrected chi connectivity index (χ3v) is 6.23. The molecule has 6 nitrogen and oxygen atoms in total. The molecule has 0 radical (unpaired) electrons. The van der Waals surface area contributed by atoms with Gasteiger partial charge in [-0.3, -0.25) is 9.69 Å². The number of amides is 1. The number of carboxylic acid groups (broad SMARTS) is 1. The molecule has 4 rings (SSSR count). The van der Waals surface area contributed by atoms with E-state index in [1.54, 1.807) is 55.6 Å². The molecule has 0 unspecified atom stereocenters. The zero-order valence-electron chi connectivity index (χ0n) is 17.8. The van der Waals surface area contributed by atoms with E-state index in [1.165, 1.54) is 40.9 Å². The number of ether oxygens (including phenoxy) is 1. The number of carboxylic acids is 1. The summed E-state index contributed by atoms with van der Waals surface area (Å²) in [7, 11) is 1.59. The number of hydrogen-bond acceptors (Lipinski definition) is 6. The van der Waals surface area contributed by atoms with E-state index < -0.39 is 5.97 Å². The van der Waals surface area contributed by atoms with Gasteiger partial charge in [0.05, 0.1) is 21.6 Å². The van der Waals surface area contributed by atoms with Crippen LogP contribution in [0.4, 0.5) is 10.1 Å². The van der Waals surface area contributed by atoms with Crippen LogP contribution in [0.25, 0.3) is 6.08 Å². The predicted molar refractivity (Wildman–Crippen MR) is 128 cm³/mol. The third kappa shape index (κ3) is 5.47. The van der Waals surface area contributed by atoms with E-state index >= 15 is 0 Å². The van der Waals surface area contributed by atoms with Gasteiger partial charge in [0.2, 0.25) is 0 Å². The lowest BCUT2D eigenvalue weighted by Gasteiger charge is -2.09. The standard InChI is InChI=1S/C25H18ClFN2O4S/c1-29-23(30)22(34-25(29)28-19-4-2-3-17(13-19)24(31)32)12-16-7-10-21(20(26)11-16)33-14-15-5-8-18(27)9-6-15/h2-13H,14H2,1H3,(H,31,32)/p-1/b22-12-,28-25?. The van der Waals surface area contributed by atoms with Gasteiger partial charge < -0.3 is 14.6 Å². The van der Waals surface area contributed by atoms with Crippen LogP contribution >= 0.6 is 23.4 Å². The molecule has 1 aliphatic heterocycles. The molecule has 0 aromatic heterocycles. The van der Waals surface area contributed by atoms with Crippen LogP contribution in [0.3, 0.4) is 0 Å². The van der Waals surface area contributed by atoms with Crippen molar-refractivity contribution in [2.75, 3.05) is 7.05 Å². The fourth-order valence-electron chi connectivity index (χ4n) is 3.08. The van der Waals surface area contributed by atoms with Gasteiger partial charge in [0.25, 0.3) is 5.91 Å². The van der Waals surface area contributed by atoms with E-state index in [2.05, 4.69) is 4.99 Å². The number of aliphatic imine (C=N–C) groups is 1. The molecule has 0 aliphatic carbocycles. The van der Waals surface area contributed by atoms with Gasteiger partial charge in [0.15, 0.2) is 5.17 Å². The molecule has 172 valence electrons. The molecule has 1 saturated heterocycles. The van der Waals surface area contributed by atoms with Gasteiger partial charge in [0.1, 0.15) is 18.2 Å². The van der Waals surface area contributed by atoms with E-state index in [-0.39, 0.29) is 23.9 Å². The third-order valence-electron chi connectivity index (χ3n) is 4.87. The molecule has 9 heteroatoms. The fourth-order valence-corrected chi connectivity index (χ4v) is 4.31. The van der Waals surface area contributed by atoms with Gasteiger partial charge in [-0.1, -0.05) is 41.9 Å². The van der Waals surface area contributed by atoms with E-state index in [9.17, 15) is 19.1 Å². The van der Waals surface area contributed by atoms with Crippen molar-refractivity contribution in [2.24, 2.45) is 4.99 Å². The number of amidine groups is 1. The Kier molecular flexibility index (Phi) is 7.00. The lowest BCUT2D eigenvalue weighted by Crippen LogP contribution is -2.23. The maximum absolute atomic E-state index is 13.0. The number of carbonyl (C=O) groups is 2. The fraction of sp³-hybridized carbons (Fsp3) is 0.0800. The maximum Gasteiger partial charge on any atom is 0.266 e. The number of hydrogen-bond donors (Lipinski definition) is 0. The Hall–Kier alpha value is -3.62. The SMILES string of the molecule is CN1C(=O)/C(=C/c2ccc(OCc3ccc(F)cc3)c(Cl)c2)SC1=Nc1cccc(C(=O)[O-])c1. The second kappa shape index (κ2) is 10.1. The van der Waals surface area contributed by atoms with E-state index in [4.69, 9.17) is 16.3 Å². The summed E-state index contributed by atoms with van der Waals surface area (Å²) >= 11 is 7.52. The number of benzene rings is 3. The van der Waals surface area contributed by atoms with Gasteiger partial charge in [-0.15, -0.1) is 0 Å². The Morgan fingerprint density at radius 3 is 2.65 bits per heavy atom. The van der Waals surface area contributed by atoms with Gasteiger partial charge >= 0.3 is 0 Å².